The number of thioether (sulfide) groups is 2. The third-order valence-electron chi connectivity index (χ3n) is 3.52. The van der Waals surface area contributed by atoms with Gasteiger partial charge in [-0.1, -0.05) is 42.1 Å². The lowest BCUT2D eigenvalue weighted by Gasteiger charge is -2.17. The molecule has 1 aliphatic heterocycles. The summed E-state index contributed by atoms with van der Waals surface area (Å²) in [5.74, 6) is 2.00. The first kappa shape index (κ1) is 14.7. The summed E-state index contributed by atoms with van der Waals surface area (Å²) >= 11 is 3.40. The van der Waals surface area contributed by atoms with E-state index in [4.69, 9.17) is 4.98 Å². The molecule has 0 N–H and O–H groups in total. The summed E-state index contributed by atoms with van der Waals surface area (Å²) in [7, 11) is 0. The average molecular weight is 317 g/mol. The highest BCUT2D eigenvalue weighted by molar-refractivity contribution is 7.99. The number of rotatable bonds is 5. The van der Waals surface area contributed by atoms with Gasteiger partial charge in [-0.3, -0.25) is 0 Å². The van der Waals surface area contributed by atoms with Gasteiger partial charge in [-0.25, -0.2) is 9.97 Å². The van der Waals surface area contributed by atoms with Gasteiger partial charge in [0.15, 0.2) is 5.16 Å². The molecule has 1 aliphatic rings. The predicted octanol–water partition coefficient (Wildman–Crippen LogP) is 4.09. The van der Waals surface area contributed by atoms with Gasteiger partial charge in [0, 0.05) is 24.9 Å². The minimum absolute atomic E-state index is 0.882. The molecule has 0 spiro atoms. The molecule has 5 heteroatoms. The van der Waals surface area contributed by atoms with Gasteiger partial charge in [-0.2, -0.15) is 0 Å². The molecule has 0 saturated carbocycles. The van der Waals surface area contributed by atoms with Crippen molar-refractivity contribution in [2.75, 3.05) is 24.2 Å². The van der Waals surface area contributed by atoms with Crippen LogP contribution in [-0.2, 0) is 5.75 Å². The Labute approximate surface area is 134 Å². The van der Waals surface area contributed by atoms with E-state index in [-0.39, 0.29) is 0 Å². The van der Waals surface area contributed by atoms with Crippen molar-refractivity contribution < 1.29 is 0 Å². The van der Waals surface area contributed by atoms with E-state index in [9.17, 15) is 0 Å². The molecule has 21 heavy (non-hydrogen) atoms. The zero-order valence-corrected chi connectivity index (χ0v) is 13.8. The quantitative estimate of drug-likeness (QED) is 0.471. The van der Waals surface area contributed by atoms with Crippen molar-refractivity contribution in [3.05, 3.63) is 42.0 Å². The molecule has 1 fully saturated rings. The Morgan fingerprint density at radius 2 is 1.86 bits per heavy atom. The summed E-state index contributed by atoms with van der Waals surface area (Å²) in [6, 6.07) is 12.6. The lowest BCUT2D eigenvalue weighted by Crippen LogP contribution is -2.19. The van der Waals surface area contributed by atoms with Crippen LogP contribution in [-0.4, -0.2) is 29.3 Å². The number of hydrogen-bond donors (Lipinski definition) is 0. The zero-order chi connectivity index (χ0) is 14.5. The maximum Gasteiger partial charge on any atom is 0.190 e. The Balaban J connectivity index is 1.75. The summed E-state index contributed by atoms with van der Waals surface area (Å²) in [5, 5.41) is 1.94. The van der Waals surface area contributed by atoms with Gasteiger partial charge in [0.2, 0.25) is 0 Å². The Morgan fingerprint density at radius 1 is 1.10 bits per heavy atom. The summed E-state index contributed by atoms with van der Waals surface area (Å²) < 4.78 is 0. The summed E-state index contributed by atoms with van der Waals surface area (Å²) in [4.78, 5) is 11.7. The Morgan fingerprint density at radius 3 is 2.57 bits per heavy atom. The van der Waals surface area contributed by atoms with Crippen LogP contribution in [0.2, 0.25) is 0 Å². The highest BCUT2D eigenvalue weighted by atomic mass is 32.2. The summed E-state index contributed by atoms with van der Waals surface area (Å²) in [6.45, 7) is 2.24. The second-order valence-corrected chi connectivity index (χ2v) is 6.79. The van der Waals surface area contributed by atoms with Gasteiger partial charge in [0.05, 0.1) is 0 Å². The van der Waals surface area contributed by atoms with E-state index in [1.807, 2.05) is 6.07 Å². The van der Waals surface area contributed by atoms with Crippen LogP contribution in [0.25, 0.3) is 0 Å². The Kier molecular flexibility index (Phi) is 5.04. The van der Waals surface area contributed by atoms with E-state index in [2.05, 4.69) is 46.5 Å². The molecular weight excluding hydrogens is 298 g/mol. The minimum atomic E-state index is 0.882. The summed E-state index contributed by atoms with van der Waals surface area (Å²) in [5.41, 5.74) is 1.31. The van der Waals surface area contributed by atoms with E-state index >= 15 is 0 Å². The summed E-state index contributed by atoms with van der Waals surface area (Å²) in [6.07, 6.45) is 4.61. The number of nitrogens with zero attached hydrogens (tertiary/aromatic N) is 3. The van der Waals surface area contributed by atoms with Gasteiger partial charge >= 0.3 is 0 Å². The third-order valence-corrected chi connectivity index (χ3v) is 5.06. The van der Waals surface area contributed by atoms with E-state index in [0.29, 0.717) is 0 Å². The number of aromatic nitrogens is 2. The van der Waals surface area contributed by atoms with E-state index in [1.54, 1.807) is 23.5 Å². The molecule has 3 nitrogen and oxygen atoms in total. The van der Waals surface area contributed by atoms with Gasteiger partial charge in [-0.15, -0.1) is 11.8 Å². The van der Waals surface area contributed by atoms with Crippen molar-refractivity contribution in [3.63, 3.8) is 0 Å². The second kappa shape index (κ2) is 7.18. The third kappa shape index (κ3) is 3.92. The number of hydrogen-bond acceptors (Lipinski definition) is 5. The van der Waals surface area contributed by atoms with Crippen LogP contribution in [0.1, 0.15) is 18.4 Å². The molecule has 0 amide bonds. The second-order valence-electron chi connectivity index (χ2n) is 5.02. The van der Waals surface area contributed by atoms with E-state index < -0.39 is 0 Å². The fourth-order valence-corrected chi connectivity index (χ4v) is 3.66. The first-order valence-corrected chi connectivity index (χ1v) is 9.41. The molecular formula is C16H19N3S2. The van der Waals surface area contributed by atoms with Crippen LogP contribution in [0.3, 0.4) is 0 Å². The zero-order valence-electron chi connectivity index (χ0n) is 12.2. The molecule has 110 valence electrons. The minimum Gasteiger partial charge on any atom is -0.356 e. The fourth-order valence-electron chi connectivity index (χ4n) is 2.39. The van der Waals surface area contributed by atoms with Gasteiger partial charge < -0.3 is 4.90 Å². The smallest absolute Gasteiger partial charge is 0.190 e. The van der Waals surface area contributed by atoms with Crippen LogP contribution < -0.4 is 4.90 Å². The largest absolute Gasteiger partial charge is 0.356 e. The number of benzene rings is 1. The van der Waals surface area contributed by atoms with Crippen molar-refractivity contribution in [3.8, 4) is 0 Å². The van der Waals surface area contributed by atoms with Gasteiger partial charge in [0.25, 0.3) is 0 Å². The standard InChI is InChI=1S/C16H19N3S2/c1-20-15-11-14(19-9-5-6-10-19)17-16(18-15)21-12-13-7-3-2-4-8-13/h2-4,7-8,11H,5-6,9-10,12H2,1H3. The van der Waals surface area contributed by atoms with Crippen LogP contribution >= 0.6 is 23.5 Å². The van der Waals surface area contributed by atoms with Crippen molar-refractivity contribution in [1.82, 2.24) is 9.97 Å². The molecule has 0 aliphatic carbocycles. The lowest BCUT2D eigenvalue weighted by atomic mass is 10.2. The molecule has 1 aromatic carbocycles. The number of anilines is 1. The molecule has 0 atom stereocenters. The topological polar surface area (TPSA) is 29.0 Å². The highest BCUT2D eigenvalue weighted by Gasteiger charge is 2.15. The first-order chi connectivity index (χ1) is 10.3. The SMILES string of the molecule is CSc1cc(N2CCCC2)nc(SCc2ccccc2)n1. The Bertz CT molecular complexity index is 583. The van der Waals surface area contributed by atoms with Crippen molar-refractivity contribution in [2.24, 2.45) is 0 Å². The normalized spacial score (nSPS) is 14.6. The fraction of sp³-hybridized carbons (Fsp3) is 0.375. The van der Waals surface area contributed by atoms with E-state index in [0.717, 1.165) is 34.8 Å². The van der Waals surface area contributed by atoms with Gasteiger partial charge in [-0.05, 0) is 24.7 Å². The molecule has 0 bridgehead atoms. The van der Waals surface area contributed by atoms with Crippen molar-refractivity contribution >= 4 is 29.3 Å². The monoisotopic (exact) mass is 317 g/mol. The first-order valence-electron chi connectivity index (χ1n) is 7.20. The molecule has 1 saturated heterocycles. The van der Waals surface area contributed by atoms with Crippen LogP contribution in [0.15, 0.2) is 46.6 Å². The van der Waals surface area contributed by atoms with Crippen LogP contribution in [0.4, 0.5) is 5.82 Å². The maximum atomic E-state index is 4.74. The van der Waals surface area contributed by atoms with E-state index in [1.165, 1.54) is 18.4 Å². The molecule has 0 unspecified atom stereocenters. The molecule has 3 rings (SSSR count). The average Bonchev–Trinajstić information content (AvgIpc) is 3.08. The predicted molar refractivity (Wildman–Crippen MR) is 91.3 cm³/mol. The van der Waals surface area contributed by atoms with Crippen molar-refractivity contribution in [1.29, 1.82) is 0 Å². The van der Waals surface area contributed by atoms with Crippen LogP contribution in [0.5, 0.6) is 0 Å². The molecule has 2 heterocycles. The molecule has 0 radical (unpaired) electrons. The van der Waals surface area contributed by atoms with Gasteiger partial charge in [0.1, 0.15) is 10.8 Å². The Hall–Kier alpha value is -1.20. The van der Waals surface area contributed by atoms with Crippen LogP contribution in [0, 0.1) is 0 Å². The molecule has 1 aromatic heterocycles. The molecule has 2 aromatic rings. The maximum absolute atomic E-state index is 4.74. The van der Waals surface area contributed by atoms with Crippen molar-refractivity contribution in [2.45, 2.75) is 28.8 Å². The lowest BCUT2D eigenvalue weighted by molar-refractivity contribution is 0.840. The highest BCUT2D eigenvalue weighted by Crippen LogP contribution is 2.27.